The molecule has 0 aliphatic heterocycles. The minimum absolute atomic E-state index is 0.0286. The maximum Gasteiger partial charge on any atom is 0.171 e. The Kier molecular flexibility index (Phi) is 6.36. The number of benzene rings is 1. The predicted molar refractivity (Wildman–Crippen MR) is 75.4 cm³/mol. The molecule has 4 heteroatoms. The summed E-state index contributed by atoms with van der Waals surface area (Å²) in [5.74, 6) is 0.701. The van der Waals surface area contributed by atoms with E-state index in [1.165, 1.54) is 0 Å². The lowest BCUT2D eigenvalue weighted by molar-refractivity contribution is 0.0994. The Balaban J connectivity index is 2.46. The summed E-state index contributed by atoms with van der Waals surface area (Å²) in [6.07, 6.45) is 2.16. The van der Waals surface area contributed by atoms with Gasteiger partial charge in [0.1, 0.15) is 5.75 Å². The van der Waals surface area contributed by atoms with Crippen molar-refractivity contribution in [1.29, 1.82) is 0 Å². The lowest BCUT2D eigenvalue weighted by Gasteiger charge is -2.06. The normalized spacial score (nSPS) is 9.89. The number of rotatable bonds is 7. The molecule has 0 atom stereocenters. The van der Waals surface area contributed by atoms with E-state index in [0.29, 0.717) is 17.2 Å². The first-order chi connectivity index (χ1) is 8.67. The second-order valence-electron chi connectivity index (χ2n) is 3.90. The average molecular weight is 266 g/mol. The Morgan fingerprint density at radius 2 is 1.94 bits per heavy atom. The molecular formula is C14H18O3S. The van der Waals surface area contributed by atoms with E-state index in [1.54, 1.807) is 31.4 Å². The summed E-state index contributed by atoms with van der Waals surface area (Å²) < 4.78 is 10.3. The molecule has 1 rings (SSSR count). The molecule has 0 saturated heterocycles. The summed E-state index contributed by atoms with van der Waals surface area (Å²) in [5, 5.41) is 0.365. The first-order valence-electron chi connectivity index (χ1n) is 6.00. The van der Waals surface area contributed by atoms with Crippen molar-refractivity contribution in [3.05, 3.63) is 29.8 Å². The SMILES string of the molecule is CCCCOC(=S)CC(=O)c1ccc(OC)cc1. The van der Waals surface area contributed by atoms with Gasteiger partial charge in [-0.2, -0.15) is 0 Å². The van der Waals surface area contributed by atoms with E-state index in [0.717, 1.165) is 18.6 Å². The monoisotopic (exact) mass is 266 g/mol. The Morgan fingerprint density at radius 3 is 2.50 bits per heavy atom. The van der Waals surface area contributed by atoms with Gasteiger partial charge in [-0.25, -0.2) is 0 Å². The summed E-state index contributed by atoms with van der Waals surface area (Å²) in [6.45, 7) is 2.67. The van der Waals surface area contributed by atoms with Crippen LogP contribution in [0.2, 0.25) is 0 Å². The molecule has 0 N–H and O–H groups in total. The number of Topliss-reactive ketones (excluding diaryl/α,β-unsaturated/α-hetero) is 1. The van der Waals surface area contributed by atoms with Crippen LogP contribution in [0, 0.1) is 0 Å². The van der Waals surface area contributed by atoms with Gasteiger partial charge in [0.05, 0.1) is 20.1 Å². The molecule has 1 aromatic rings. The van der Waals surface area contributed by atoms with Gasteiger partial charge in [-0.3, -0.25) is 4.79 Å². The first kappa shape index (κ1) is 14.6. The fourth-order valence-corrected chi connectivity index (χ4v) is 1.61. The highest BCUT2D eigenvalue weighted by Crippen LogP contribution is 2.13. The molecule has 0 aromatic heterocycles. The van der Waals surface area contributed by atoms with Crippen LogP contribution in [0.4, 0.5) is 0 Å². The maximum atomic E-state index is 11.9. The van der Waals surface area contributed by atoms with Crippen molar-refractivity contribution in [2.75, 3.05) is 13.7 Å². The van der Waals surface area contributed by atoms with Crippen molar-refractivity contribution in [2.45, 2.75) is 26.2 Å². The van der Waals surface area contributed by atoms with Crippen molar-refractivity contribution in [3.63, 3.8) is 0 Å². The van der Waals surface area contributed by atoms with Crippen LogP contribution >= 0.6 is 12.2 Å². The van der Waals surface area contributed by atoms with Gasteiger partial charge in [-0.1, -0.05) is 13.3 Å². The summed E-state index contributed by atoms with van der Waals surface area (Å²) >= 11 is 5.02. The standard InChI is InChI=1S/C14H18O3S/c1-3-4-9-17-14(18)10-13(15)11-5-7-12(16-2)8-6-11/h5-8H,3-4,9-10H2,1-2H3. The highest BCUT2D eigenvalue weighted by molar-refractivity contribution is 7.80. The summed E-state index contributed by atoms with van der Waals surface area (Å²) in [5.41, 5.74) is 0.622. The Hall–Kier alpha value is -1.42. The van der Waals surface area contributed by atoms with Crippen molar-refractivity contribution < 1.29 is 14.3 Å². The second kappa shape index (κ2) is 7.82. The molecule has 0 saturated carbocycles. The van der Waals surface area contributed by atoms with Gasteiger partial charge in [0.15, 0.2) is 10.8 Å². The third-order valence-corrected chi connectivity index (χ3v) is 2.74. The van der Waals surface area contributed by atoms with Gasteiger partial charge in [0, 0.05) is 5.56 Å². The molecular weight excluding hydrogens is 248 g/mol. The highest BCUT2D eigenvalue weighted by atomic mass is 32.1. The van der Waals surface area contributed by atoms with Gasteiger partial charge < -0.3 is 9.47 Å². The van der Waals surface area contributed by atoms with Crippen LogP contribution in [-0.2, 0) is 4.74 Å². The molecule has 0 amide bonds. The van der Waals surface area contributed by atoms with Crippen LogP contribution in [0.1, 0.15) is 36.5 Å². The van der Waals surface area contributed by atoms with Crippen molar-refractivity contribution >= 4 is 23.1 Å². The molecule has 0 unspecified atom stereocenters. The molecule has 0 fully saturated rings. The van der Waals surface area contributed by atoms with Crippen LogP contribution in [0.25, 0.3) is 0 Å². The van der Waals surface area contributed by atoms with Gasteiger partial charge in [0.25, 0.3) is 0 Å². The number of carbonyl (C=O) groups excluding carboxylic acids is 1. The van der Waals surface area contributed by atoms with Gasteiger partial charge >= 0.3 is 0 Å². The predicted octanol–water partition coefficient (Wildman–Crippen LogP) is 3.41. The number of hydrogen-bond acceptors (Lipinski definition) is 4. The number of thiocarbonyl (C=S) groups is 1. The van der Waals surface area contributed by atoms with Crippen molar-refractivity contribution in [1.82, 2.24) is 0 Å². The van der Waals surface area contributed by atoms with Crippen LogP contribution in [-0.4, -0.2) is 24.6 Å². The van der Waals surface area contributed by atoms with Gasteiger partial charge in [-0.15, -0.1) is 0 Å². The fourth-order valence-electron chi connectivity index (χ4n) is 1.39. The first-order valence-corrected chi connectivity index (χ1v) is 6.41. The fraction of sp³-hybridized carbons (Fsp3) is 0.429. The van der Waals surface area contributed by atoms with Crippen LogP contribution in [0.5, 0.6) is 5.75 Å². The van der Waals surface area contributed by atoms with E-state index in [9.17, 15) is 4.79 Å². The van der Waals surface area contributed by atoms with Gasteiger partial charge in [-0.05, 0) is 42.9 Å². The van der Waals surface area contributed by atoms with Gasteiger partial charge in [0.2, 0.25) is 0 Å². The molecule has 0 aliphatic carbocycles. The van der Waals surface area contributed by atoms with E-state index in [1.807, 2.05) is 0 Å². The number of carbonyl (C=O) groups is 1. The zero-order valence-electron chi connectivity index (χ0n) is 10.8. The molecule has 98 valence electrons. The Bertz CT molecular complexity index is 398. The number of methoxy groups -OCH3 is 1. The van der Waals surface area contributed by atoms with E-state index < -0.39 is 0 Å². The lowest BCUT2D eigenvalue weighted by Crippen LogP contribution is -2.10. The Morgan fingerprint density at radius 1 is 1.28 bits per heavy atom. The topological polar surface area (TPSA) is 35.5 Å². The quantitative estimate of drug-likeness (QED) is 0.430. The molecule has 3 nitrogen and oxygen atoms in total. The van der Waals surface area contributed by atoms with Crippen LogP contribution in [0.3, 0.4) is 0 Å². The summed E-state index contributed by atoms with van der Waals surface area (Å²) in [6, 6.07) is 6.98. The molecule has 0 aliphatic rings. The van der Waals surface area contributed by atoms with E-state index >= 15 is 0 Å². The number of ketones is 1. The third kappa shape index (κ3) is 4.84. The molecule has 18 heavy (non-hydrogen) atoms. The zero-order valence-corrected chi connectivity index (χ0v) is 11.6. The number of unbranched alkanes of at least 4 members (excludes halogenated alkanes) is 1. The summed E-state index contributed by atoms with van der Waals surface area (Å²) in [7, 11) is 1.59. The maximum absolute atomic E-state index is 11.9. The molecule has 0 heterocycles. The second-order valence-corrected chi connectivity index (χ2v) is 4.36. The minimum atomic E-state index is -0.0286. The van der Waals surface area contributed by atoms with Crippen LogP contribution in [0.15, 0.2) is 24.3 Å². The smallest absolute Gasteiger partial charge is 0.171 e. The molecule has 0 radical (unpaired) electrons. The van der Waals surface area contributed by atoms with E-state index in [2.05, 4.69) is 6.92 Å². The largest absolute Gasteiger partial charge is 0.497 e. The molecule has 0 spiro atoms. The number of hydrogen-bond donors (Lipinski definition) is 0. The molecule has 1 aromatic carbocycles. The molecule has 0 bridgehead atoms. The van der Waals surface area contributed by atoms with E-state index in [4.69, 9.17) is 21.7 Å². The van der Waals surface area contributed by atoms with E-state index in [-0.39, 0.29) is 12.2 Å². The highest BCUT2D eigenvalue weighted by Gasteiger charge is 2.09. The van der Waals surface area contributed by atoms with Crippen molar-refractivity contribution in [2.24, 2.45) is 0 Å². The Labute approximate surface area is 113 Å². The average Bonchev–Trinajstić information content (AvgIpc) is 2.39. The lowest BCUT2D eigenvalue weighted by atomic mass is 10.1. The summed E-state index contributed by atoms with van der Waals surface area (Å²) in [4.78, 5) is 11.9. The minimum Gasteiger partial charge on any atom is -0.497 e. The zero-order chi connectivity index (χ0) is 13.4. The van der Waals surface area contributed by atoms with Crippen molar-refractivity contribution in [3.8, 4) is 5.75 Å². The third-order valence-electron chi connectivity index (χ3n) is 2.48. The van der Waals surface area contributed by atoms with Crippen LogP contribution < -0.4 is 4.74 Å². The number of ether oxygens (including phenoxy) is 2.